The number of carbonyl (C=O) groups is 1. The summed E-state index contributed by atoms with van der Waals surface area (Å²) in [5.41, 5.74) is 0.966. The lowest BCUT2D eigenvalue weighted by molar-refractivity contribution is 0.0702. The van der Waals surface area contributed by atoms with E-state index < -0.39 is 10.0 Å². The number of nitrogens with zero attached hydrogens (tertiary/aromatic N) is 2. The first-order chi connectivity index (χ1) is 11.4. The van der Waals surface area contributed by atoms with Gasteiger partial charge in [0.2, 0.25) is 10.0 Å². The summed E-state index contributed by atoms with van der Waals surface area (Å²) in [4.78, 5) is 15.2. The van der Waals surface area contributed by atoms with Crippen LogP contribution in [-0.4, -0.2) is 49.7 Å². The summed E-state index contributed by atoms with van der Waals surface area (Å²) in [6.45, 7) is 3.33. The fraction of sp³-hybridized carbons (Fsp3) is 0.312. The molecule has 0 atom stereocenters. The average molecular weight is 429 g/mol. The first kappa shape index (κ1) is 17.6. The maximum absolute atomic E-state index is 12.8. The van der Waals surface area contributed by atoms with Crippen LogP contribution in [0.3, 0.4) is 0 Å². The van der Waals surface area contributed by atoms with Gasteiger partial charge in [0.05, 0.1) is 9.77 Å². The molecule has 3 rings (SSSR count). The van der Waals surface area contributed by atoms with Gasteiger partial charge in [-0.15, -0.1) is 11.3 Å². The molecule has 2 heterocycles. The van der Waals surface area contributed by atoms with Crippen LogP contribution in [0.25, 0.3) is 0 Å². The van der Waals surface area contributed by atoms with Crippen LogP contribution in [0.1, 0.15) is 15.2 Å². The Kier molecular flexibility index (Phi) is 5.10. The van der Waals surface area contributed by atoms with Crippen LogP contribution < -0.4 is 0 Å². The maximum Gasteiger partial charge on any atom is 0.264 e. The average Bonchev–Trinajstić information content (AvgIpc) is 3.00. The molecule has 24 heavy (non-hydrogen) atoms. The number of benzene rings is 1. The second kappa shape index (κ2) is 6.95. The van der Waals surface area contributed by atoms with Gasteiger partial charge in [0.15, 0.2) is 0 Å². The molecule has 0 radical (unpaired) electrons. The van der Waals surface area contributed by atoms with Crippen molar-refractivity contribution < 1.29 is 13.2 Å². The second-order valence-electron chi connectivity index (χ2n) is 5.56. The van der Waals surface area contributed by atoms with Gasteiger partial charge in [0, 0.05) is 30.7 Å². The maximum atomic E-state index is 12.8. The highest BCUT2D eigenvalue weighted by Gasteiger charge is 2.31. The lowest BCUT2D eigenvalue weighted by Crippen LogP contribution is -2.50. The van der Waals surface area contributed by atoms with Crippen LogP contribution in [0, 0.1) is 6.92 Å². The summed E-state index contributed by atoms with van der Waals surface area (Å²) < 4.78 is 27.5. The highest BCUT2D eigenvalue weighted by Crippen LogP contribution is 2.26. The zero-order valence-electron chi connectivity index (χ0n) is 13.1. The molecule has 0 saturated carbocycles. The molecule has 0 aliphatic carbocycles. The zero-order valence-corrected chi connectivity index (χ0v) is 16.3. The molecule has 0 bridgehead atoms. The predicted molar refractivity (Wildman–Crippen MR) is 97.9 cm³/mol. The van der Waals surface area contributed by atoms with E-state index in [9.17, 15) is 13.2 Å². The number of piperazine rings is 1. The molecule has 2 aromatic rings. The van der Waals surface area contributed by atoms with Crippen molar-refractivity contribution in [1.29, 1.82) is 0 Å². The lowest BCUT2D eigenvalue weighted by Gasteiger charge is -2.34. The summed E-state index contributed by atoms with van der Waals surface area (Å²) >= 11 is 4.73. The van der Waals surface area contributed by atoms with Crippen molar-refractivity contribution >= 4 is 43.2 Å². The van der Waals surface area contributed by atoms with E-state index in [1.54, 1.807) is 29.2 Å². The SMILES string of the molecule is Cc1ccsc1C(=O)N1CCN(S(=O)(=O)c2ccccc2Br)CC1. The summed E-state index contributed by atoms with van der Waals surface area (Å²) in [6, 6.07) is 8.71. The van der Waals surface area contributed by atoms with E-state index in [-0.39, 0.29) is 10.8 Å². The molecule has 1 saturated heterocycles. The molecule has 1 aromatic carbocycles. The Bertz CT molecular complexity index is 856. The van der Waals surface area contributed by atoms with Gasteiger partial charge in [-0.1, -0.05) is 12.1 Å². The molecule has 8 heteroatoms. The minimum absolute atomic E-state index is 0.0135. The molecule has 1 fully saturated rings. The van der Waals surface area contributed by atoms with Crippen molar-refractivity contribution in [2.24, 2.45) is 0 Å². The van der Waals surface area contributed by atoms with Crippen LogP contribution in [0.5, 0.6) is 0 Å². The number of thiophene rings is 1. The van der Waals surface area contributed by atoms with E-state index in [1.807, 2.05) is 18.4 Å². The molecule has 1 amide bonds. The molecule has 1 aliphatic heterocycles. The van der Waals surface area contributed by atoms with Crippen LogP contribution in [0.15, 0.2) is 45.1 Å². The monoisotopic (exact) mass is 428 g/mol. The third-order valence-corrected chi connectivity index (χ3v) is 7.95. The molecular formula is C16H17BrN2O3S2. The largest absolute Gasteiger partial charge is 0.335 e. The second-order valence-corrected chi connectivity index (χ2v) is 9.24. The highest BCUT2D eigenvalue weighted by molar-refractivity contribution is 9.10. The summed E-state index contributed by atoms with van der Waals surface area (Å²) in [6.07, 6.45) is 0. The van der Waals surface area contributed by atoms with E-state index in [4.69, 9.17) is 0 Å². The van der Waals surface area contributed by atoms with Crippen LogP contribution in [0.2, 0.25) is 0 Å². The quantitative estimate of drug-likeness (QED) is 0.754. The Morgan fingerprint density at radius 1 is 1.12 bits per heavy atom. The van der Waals surface area contributed by atoms with Gasteiger partial charge in [-0.3, -0.25) is 4.79 Å². The van der Waals surface area contributed by atoms with Crippen LogP contribution in [0.4, 0.5) is 0 Å². The Morgan fingerprint density at radius 3 is 2.38 bits per heavy atom. The Labute approximate surface area is 154 Å². The van der Waals surface area contributed by atoms with Crippen molar-refractivity contribution in [3.05, 3.63) is 50.6 Å². The molecule has 128 valence electrons. The van der Waals surface area contributed by atoms with Gasteiger partial charge in [-0.25, -0.2) is 8.42 Å². The van der Waals surface area contributed by atoms with Gasteiger partial charge in [-0.2, -0.15) is 4.31 Å². The first-order valence-electron chi connectivity index (χ1n) is 7.49. The van der Waals surface area contributed by atoms with E-state index >= 15 is 0 Å². The molecule has 5 nitrogen and oxygen atoms in total. The minimum Gasteiger partial charge on any atom is -0.335 e. The number of halogens is 1. The molecular weight excluding hydrogens is 412 g/mol. The van der Waals surface area contributed by atoms with Crippen molar-refractivity contribution in [3.8, 4) is 0 Å². The van der Waals surface area contributed by atoms with E-state index in [1.165, 1.54) is 15.6 Å². The van der Waals surface area contributed by atoms with Gasteiger partial charge >= 0.3 is 0 Å². The molecule has 0 N–H and O–H groups in total. The van der Waals surface area contributed by atoms with Crippen molar-refractivity contribution in [2.75, 3.05) is 26.2 Å². The minimum atomic E-state index is -3.55. The zero-order chi connectivity index (χ0) is 17.3. The fourth-order valence-electron chi connectivity index (χ4n) is 2.66. The van der Waals surface area contributed by atoms with Crippen LogP contribution in [-0.2, 0) is 10.0 Å². The molecule has 1 aromatic heterocycles. The number of amides is 1. The Balaban J connectivity index is 1.72. The van der Waals surface area contributed by atoms with E-state index in [2.05, 4.69) is 15.9 Å². The number of hydrogen-bond acceptors (Lipinski definition) is 4. The summed E-state index contributed by atoms with van der Waals surface area (Å²) in [5, 5.41) is 1.90. The van der Waals surface area contributed by atoms with Gasteiger partial charge in [0.1, 0.15) is 0 Å². The van der Waals surface area contributed by atoms with Crippen LogP contribution >= 0.6 is 27.3 Å². The predicted octanol–water partition coefficient (Wildman–Crippen LogP) is 2.97. The standard InChI is InChI=1S/C16H17BrN2O3S2/c1-12-6-11-23-15(12)16(20)18-7-9-19(10-8-18)24(21,22)14-5-3-2-4-13(14)17/h2-6,11H,7-10H2,1H3. The number of hydrogen-bond donors (Lipinski definition) is 0. The third kappa shape index (κ3) is 3.28. The van der Waals surface area contributed by atoms with E-state index in [0.29, 0.717) is 30.7 Å². The van der Waals surface area contributed by atoms with Gasteiger partial charge in [-0.05, 0) is 52.0 Å². The first-order valence-corrected chi connectivity index (χ1v) is 10.6. The third-order valence-electron chi connectivity index (χ3n) is 4.04. The molecule has 0 unspecified atom stereocenters. The number of rotatable bonds is 3. The number of carbonyl (C=O) groups excluding carboxylic acids is 1. The Morgan fingerprint density at radius 2 is 1.79 bits per heavy atom. The summed E-state index contributed by atoms with van der Waals surface area (Å²) in [7, 11) is -3.55. The number of aryl methyl sites for hydroxylation is 1. The topological polar surface area (TPSA) is 57.7 Å². The van der Waals surface area contributed by atoms with Crippen molar-refractivity contribution in [2.45, 2.75) is 11.8 Å². The van der Waals surface area contributed by atoms with Crippen molar-refractivity contribution in [1.82, 2.24) is 9.21 Å². The van der Waals surface area contributed by atoms with Crippen molar-refractivity contribution in [3.63, 3.8) is 0 Å². The smallest absolute Gasteiger partial charge is 0.264 e. The molecule has 1 aliphatic rings. The number of sulfonamides is 1. The Hall–Kier alpha value is -1.22. The van der Waals surface area contributed by atoms with E-state index in [0.717, 1.165) is 10.4 Å². The van der Waals surface area contributed by atoms with Gasteiger partial charge < -0.3 is 4.90 Å². The highest BCUT2D eigenvalue weighted by atomic mass is 79.9. The lowest BCUT2D eigenvalue weighted by atomic mass is 10.2. The molecule has 0 spiro atoms. The summed E-state index contributed by atoms with van der Waals surface area (Å²) in [5.74, 6) is -0.0135. The fourth-order valence-corrected chi connectivity index (χ4v) is 5.94. The van der Waals surface area contributed by atoms with Gasteiger partial charge in [0.25, 0.3) is 5.91 Å². The normalized spacial score (nSPS) is 16.3.